The Hall–Kier alpha value is -4.17. The zero-order chi connectivity index (χ0) is 30.8. The lowest BCUT2D eigenvalue weighted by atomic mass is 9.77. The van der Waals surface area contributed by atoms with Crippen molar-refractivity contribution in [2.24, 2.45) is 0 Å². The third-order valence-electron chi connectivity index (χ3n) is 8.76. The summed E-state index contributed by atoms with van der Waals surface area (Å²) in [4.78, 5) is 4.16. The van der Waals surface area contributed by atoms with Gasteiger partial charge in [-0.3, -0.25) is 0 Å². The minimum atomic E-state index is -1.84. The largest absolute Gasteiger partial charge is 0.412 e. The van der Waals surface area contributed by atoms with E-state index in [1.54, 1.807) is 16.1 Å². The van der Waals surface area contributed by atoms with Crippen LogP contribution in [0.3, 0.4) is 0 Å². The highest BCUT2D eigenvalue weighted by Crippen LogP contribution is 2.42. The minimum Gasteiger partial charge on any atom is -0.412 e. The van der Waals surface area contributed by atoms with Gasteiger partial charge in [-0.15, -0.1) is 26.3 Å². The first-order valence-electron chi connectivity index (χ1n) is 15.0. The van der Waals surface area contributed by atoms with Crippen LogP contribution >= 0.6 is 11.3 Å². The second kappa shape index (κ2) is 12.1. The second-order valence-corrected chi connectivity index (χ2v) is 18.5. The van der Waals surface area contributed by atoms with Crippen LogP contribution in [0.2, 0.25) is 18.1 Å². The first kappa shape index (κ1) is 29.9. The van der Waals surface area contributed by atoms with Gasteiger partial charge in [0.1, 0.15) is 0 Å². The van der Waals surface area contributed by atoms with Crippen LogP contribution in [0.5, 0.6) is 0 Å². The van der Waals surface area contributed by atoms with Crippen LogP contribution in [0.1, 0.15) is 42.3 Å². The van der Waals surface area contributed by atoms with Crippen LogP contribution in [-0.4, -0.2) is 28.5 Å². The average molecular weight is 615 g/mol. The lowest BCUT2D eigenvalue weighted by Crippen LogP contribution is -2.40. The fourth-order valence-corrected chi connectivity index (χ4v) is 7.32. The number of nitrogens with zero attached hydrogens (tertiary/aromatic N) is 4. The quantitative estimate of drug-likeness (QED) is 0.120. The molecule has 0 amide bonds. The van der Waals surface area contributed by atoms with E-state index in [0.29, 0.717) is 12.4 Å². The fraction of sp³-hybridized carbons (Fsp3) is 0.216. The van der Waals surface area contributed by atoms with Gasteiger partial charge in [0, 0.05) is 20.9 Å². The highest BCUT2D eigenvalue weighted by molar-refractivity contribution is 7.15. The SMILES string of the molecule is CC(C)(C)[Si](C)(C)OCc1ccc(-c2ccccc2-c2nnn(C(c3ccccc3)(c3ccccc3)c3ccccc3)n2)s1. The number of rotatable bonds is 9. The van der Waals surface area contributed by atoms with Crippen molar-refractivity contribution >= 4 is 19.7 Å². The maximum Gasteiger partial charge on any atom is 0.205 e. The van der Waals surface area contributed by atoms with Crippen LogP contribution in [0.15, 0.2) is 127 Å². The lowest BCUT2D eigenvalue weighted by Gasteiger charge is -2.36. The first-order chi connectivity index (χ1) is 21.2. The molecule has 0 unspecified atom stereocenters. The molecular formula is C37H38N4OSSi. The molecule has 0 saturated carbocycles. The molecule has 0 saturated heterocycles. The molecule has 2 aromatic heterocycles. The van der Waals surface area contributed by atoms with E-state index >= 15 is 0 Å². The Morgan fingerprint density at radius 2 is 1.16 bits per heavy atom. The average Bonchev–Trinajstić information content (AvgIpc) is 3.73. The third kappa shape index (κ3) is 5.59. The van der Waals surface area contributed by atoms with Gasteiger partial charge in [0.2, 0.25) is 5.82 Å². The predicted octanol–water partition coefficient (Wildman–Crippen LogP) is 9.43. The zero-order valence-corrected chi connectivity index (χ0v) is 27.8. The van der Waals surface area contributed by atoms with Crippen molar-refractivity contribution in [3.63, 3.8) is 0 Å². The summed E-state index contributed by atoms with van der Waals surface area (Å²) in [6.07, 6.45) is 0. The maximum atomic E-state index is 6.52. The molecule has 6 aromatic rings. The molecule has 6 rings (SSSR count). The van der Waals surface area contributed by atoms with Gasteiger partial charge >= 0.3 is 0 Å². The summed E-state index contributed by atoms with van der Waals surface area (Å²) < 4.78 is 6.52. The van der Waals surface area contributed by atoms with E-state index in [0.717, 1.165) is 32.7 Å². The standard InChI is InChI=1S/C37H38N4OSSi/c1-36(2,3)44(4,5)42-27-31-25-26-34(43-31)32-23-15-16-24-33(32)35-38-40-41(39-35)37(28-17-9-6-10-18-28,29-19-11-7-12-20-29)30-21-13-8-14-22-30/h6-26H,27H2,1-5H3. The maximum absolute atomic E-state index is 6.52. The van der Waals surface area contributed by atoms with Crippen LogP contribution < -0.4 is 0 Å². The van der Waals surface area contributed by atoms with E-state index in [1.165, 1.54) is 4.88 Å². The van der Waals surface area contributed by atoms with Gasteiger partial charge in [-0.2, -0.15) is 0 Å². The lowest BCUT2D eigenvalue weighted by molar-refractivity contribution is 0.279. The van der Waals surface area contributed by atoms with Crippen LogP contribution in [0.4, 0.5) is 0 Å². The summed E-state index contributed by atoms with van der Waals surface area (Å²) >= 11 is 1.76. The summed E-state index contributed by atoms with van der Waals surface area (Å²) in [6, 6.07) is 44.0. The smallest absolute Gasteiger partial charge is 0.205 e. The molecule has 2 heterocycles. The number of thiophene rings is 1. The van der Waals surface area contributed by atoms with Gasteiger partial charge in [0.25, 0.3) is 0 Å². The fourth-order valence-electron chi connectivity index (χ4n) is 5.31. The molecule has 5 nitrogen and oxygen atoms in total. The van der Waals surface area contributed by atoms with Crippen molar-refractivity contribution in [1.29, 1.82) is 0 Å². The van der Waals surface area contributed by atoms with Crippen molar-refractivity contribution < 1.29 is 4.43 Å². The molecule has 44 heavy (non-hydrogen) atoms. The van der Waals surface area contributed by atoms with Gasteiger partial charge in [-0.1, -0.05) is 136 Å². The number of tetrazole rings is 1. The number of benzene rings is 4. The number of hydrogen-bond acceptors (Lipinski definition) is 5. The molecule has 0 aliphatic rings. The van der Waals surface area contributed by atoms with Crippen molar-refractivity contribution in [3.8, 4) is 21.8 Å². The topological polar surface area (TPSA) is 52.8 Å². The van der Waals surface area contributed by atoms with Gasteiger partial charge in [-0.25, -0.2) is 0 Å². The highest BCUT2D eigenvalue weighted by Gasteiger charge is 2.41. The van der Waals surface area contributed by atoms with Crippen LogP contribution in [-0.2, 0) is 16.6 Å². The summed E-state index contributed by atoms with van der Waals surface area (Å²) in [6.45, 7) is 12.1. The predicted molar refractivity (Wildman–Crippen MR) is 183 cm³/mol. The van der Waals surface area contributed by atoms with Gasteiger partial charge < -0.3 is 4.43 Å². The van der Waals surface area contributed by atoms with Crippen molar-refractivity contribution in [2.45, 2.75) is 51.0 Å². The number of aromatic nitrogens is 4. The Morgan fingerprint density at radius 3 is 1.68 bits per heavy atom. The van der Waals surface area contributed by atoms with Crippen LogP contribution in [0.25, 0.3) is 21.8 Å². The molecule has 0 radical (unpaired) electrons. The van der Waals surface area contributed by atoms with E-state index in [2.05, 4.69) is 137 Å². The Kier molecular flexibility index (Phi) is 8.20. The van der Waals surface area contributed by atoms with Crippen molar-refractivity contribution in [2.75, 3.05) is 0 Å². The van der Waals surface area contributed by atoms with E-state index < -0.39 is 13.9 Å². The van der Waals surface area contributed by atoms with Crippen molar-refractivity contribution in [1.82, 2.24) is 20.2 Å². The molecule has 0 N–H and O–H groups in total. The van der Waals surface area contributed by atoms with Gasteiger partial charge in [-0.05, 0) is 52.2 Å². The van der Waals surface area contributed by atoms with Gasteiger partial charge in [0.05, 0.1) is 6.61 Å². The minimum absolute atomic E-state index is 0.172. The second-order valence-electron chi connectivity index (χ2n) is 12.6. The molecule has 0 fully saturated rings. The van der Waals surface area contributed by atoms with E-state index in [9.17, 15) is 0 Å². The molecule has 7 heteroatoms. The Morgan fingerprint density at radius 1 is 0.659 bits per heavy atom. The highest BCUT2D eigenvalue weighted by atomic mass is 32.1. The molecule has 0 atom stereocenters. The Balaban J connectivity index is 1.43. The van der Waals surface area contributed by atoms with E-state index in [1.807, 2.05) is 24.3 Å². The zero-order valence-electron chi connectivity index (χ0n) is 25.9. The molecule has 0 bridgehead atoms. The molecule has 4 aromatic carbocycles. The first-order valence-corrected chi connectivity index (χ1v) is 18.7. The van der Waals surface area contributed by atoms with Gasteiger partial charge in [0.15, 0.2) is 13.9 Å². The number of hydrogen-bond donors (Lipinski definition) is 0. The Bertz CT molecular complexity index is 1730. The van der Waals surface area contributed by atoms with E-state index in [-0.39, 0.29) is 5.04 Å². The third-order valence-corrected chi connectivity index (χ3v) is 14.3. The summed E-state index contributed by atoms with van der Waals surface area (Å²) in [5.74, 6) is 0.584. The summed E-state index contributed by atoms with van der Waals surface area (Å²) in [5, 5.41) is 14.8. The van der Waals surface area contributed by atoms with Crippen LogP contribution in [0, 0.1) is 0 Å². The molecule has 222 valence electrons. The molecule has 0 spiro atoms. The summed E-state index contributed by atoms with van der Waals surface area (Å²) in [7, 11) is -1.84. The molecule has 0 aliphatic carbocycles. The van der Waals surface area contributed by atoms with E-state index in [4.69, 9.17) is 19.8 Å². The molecular weight excluding hydrogens is 577 g/mol. The summed E-state index contributed by atoms with van der Waals surface area (Å²) in [5.41, 5.74) is 4.37. The monoisotopic (exact) mass is 614 g/mol. The van der Waals surface area contributed by atoms with Crippen molar-refractivity contribution in [3.05, 3.63) is 149 Å². The normalized spacial score (nSPS) is 12.4. The molecule has 0 aliphatic heterocycles. The Labute approximate surface area is 265 Å².